The number of nitrogens with zero attached hydrogens (tertiary/aromatic N) is 1. The Kier molecular flexibility index (Phi) is 3.77. The van der Waals surface area contributed by atoms with Gasteiger partial charge < -0.3 is 10.0 Å². The van der Waals surface area contributed by atoms with Crippen LogP contribution in [0.4, 0.5) is 5.69 Å². The first kappa shape index (κ1) is 11.8. The quantitative estimate of drug-likeness (QED) is 0.874. The molecule has 0 bridgehead atoms. The number of fused-ring (bicyclic) bond motifs is 1. The summed E-state index contributed by atoms with van der Waals surface area (Å²) in [5.74, 6) is 1.13. The fourth-order valence-electron chi connectivity index (χ4n) is 2.13. The van der Waals surface area contributed by atoms with Crippen molar-refractivity contribution in [2.45, 2.75) is 30.7 Å². The first-order chi connectivity index (χ1) is 7.72. The molecular weight excluding hydrogens is 218 g/mol. The number of benzene rings is 1. The van der Waals surface area contributed by atoms with Crippen LogP contribution in [0.2, 0.25) is 0 Å². The molecule has 3 heteroatoms. The summed E-state index contributed by atoms with van der Waals surface area (Å²) in [6, 6.07) is 7.21. The number of rotatable bonds is 3. The number of hydrogen-bond acceptors (Lipinski definition) is 3. The van der Waals surface area contributed by atoms with E-state index in [1.165, 1.54) is 16.1 Å². The Bertz CT molecular complexity index is 367. The van der Waals surface area contributed by atoms with Gasteiger partial charge in [0.15, 0.2) is 0 Å². The first-order valence-corrected chi connectivity index (χ1v) is 6.78. The third-order valence-electron chi connectivity index (χ3n) is 3.17. The lowest BCUT2D eigenvalue weighted by Gasteiger charge is -2.35. The molecule has 0 fully saturated rings. The molecule has 1 aromatic carbocycles. The highest BCUT2D eigenvalue weighted by molar-refractivity contribution is 7.99. The summed E-state index contributed by atoms with van der Waals surface area (Å²) >= 11 is 1.94. The van der Waals surface area contributed by atoms with E-state index in [1.54, 1.807) is 0 Å². The molecule has 2 rings (SSSR count). The lowest BCUT2D eigenvalue weighted by Crippen LogP contribution is -2.36. The molecule has 1 unspecified atom stereocenters. The van der Waals surface area contributed by atoms with Gasteiger partial charge in [-0.05, 0) is 37.5 Å². The average molecular weight is 237 g/mol. The van der Waals surface area contributed by atoms with Crippen LogP contribution in [-0.2, 0) is 0 Å². The number of hydrogen-bond donors (Lipinski definition) is 1. The van der Waals surface area contributed by atoms with Crippen LogP contribution in [0.25, 0.3) is 0 Å². The third kappa shape index (κ3) is 2.36. The van der Waals surface area contributed by atoms with Crippen molar-refractivity contribution in [2.24, 2.45) is 0 Å². The molecule has 0 saturated heterocycles. The van der Waals surface area contributed by atoms with E-state index in [0.29, 0.717) is 12.6 Å². The summed E-state index contributed by atoms with van der Waals surface area (Å²) in [6.07, 6.45) is 1.98. The van der Waals surface area contributed by atoms with Crippen LogP contribution in [0, 0.1) is 6.92 Å². The summed E-state index contributed by atoms with van der Waals surface area (Å²) in [4.78, 5) is 3.75. The Morgan fingerprint density at radius 3 is 3.06 bits per heavy atom. The molecule has 1 heterocycles. The maximum absolute atomic E-state index is 8.89. The van der Waals surface area contributed by atoms with Crippen LogP contribution in [0.15, 0.2) is 23.1 Å². The molecule has 88 valence electrons. The average Bonchev–Trinajstić information content (AvgIpc) is 2.28. The summed E-state index contributed by atoms with van der Waals surface area (Å²) in [6.45, 7) is 2.44. The van der Waals surface area contributed by atoms with E-state index < -0.39 is 0 Å². The minimum Gasteiger partial charge on any atom is -0.396 e. The van der Waals surface area contributed by atoms with Crippen LogP contribution in [0.3, 0.4) is 0 Å². The highest BCUT2D eigenvalue weighted by Crippen LogP contribution is 2.38. The second-order valence-corrected chi connectivity index (χ2v) is 5.47. The van der Waals surface area contributed by atoms with Gasteiger partial charge in [0.05, 0.1) is 5.69 Å². The van der Waals surface area contributed by atoms with E-state index in [-0.39, 0.29) is 0 Å². The maximum Gasteiger partial charge on any atom is 0.0504 e. The highest BCUT2D eigenvalue weighted by atomic mass is 32.2. The first-order valence-electron chi connectivity index (χ1n) is 5.79. The van der Waals surface area contributed by atoms with Crippen molar-refractivity contribution in [3.8, 4) is 0 Å². The second kappa shape index (κ2) is 5.11. The van der Waals surface area contributed by atoms with Gasteiger partial charge in [0.2, 0.25) is 0 Å². The van der Waals surface area contributed by atoms with Crippen molar-refractivity contribution in [3.05, 3.63) is 23.8 Å². The third-order valence-corrected chi connectivity index (χ3v) is 4.36. The van der Waals surface area contributed by atoms with Gasteiger partial charge in [-0.1, -0.05) is 6.07 Å². The van der Waals surface area contributed by atoms with Crippen LogP contribution < -0.4 is 4.90 Å². The molecule has 0 aliphatic carbocycles. The molecule has 1 atom stereocenters. The zero-order chi connectivity index (χ0) is 11.5. The molecule has 2 nitrogen and oxygen atoms in total. The normalized spacial score (nSPS) is 19.7. The van der Waals surface area contributed by atoms with E-state index in [0.717, 1.165) is 18.6 Å². The standard InChI is InChI=1S/C13H19NOS/c1-10-5-6-12-13(8-10)16-9-11(14(12)2)4-3-7-15/h5-6,8,11,15H,3-4,7,9H2,1-2H3. The van der Waals surface area contributed by atoms with Gasteiger partial charge in [-0.15, -0.1) is 11.8 Å². The van der Waals surface area contributed by atoms with E-state index in [9.17, 15) is 0 Å². The summed E-state index contributed by atoms with van der Waals surface area (Å²) < 4.78 is 0. The van der Waals surface area contributed by atoms with Crippen molar-refractivity contribution in [2.75, 3.05) is 24.3 Å². The number of thioether (sulfide) groups is 1. The molecule has 0 amide bonds. The fourth-order valence-corrected chi connectivity index (χ4v) is 3.52. The molecule has 0 saturated carbocycles. The topological polar surface area (TPSA) is 23.5 Å². The molecule has 0 spiro atoms. The van der Waals surface area contributed by atoms with Crippen LogP contribution in [-0.4, -0.2) is 30.6 Å². The largest absolute Gasteiger partial charge is 0.396 e. The van der Waals surface area contributed by atoms with Crippen LogP contribution in [0.5, 0.6) is 0 Å². The van der Waals surface area contributed by atoms with Gasteiger partial charge in [-0.3, -0.25) is 0 Å². The SMILES string of the molecule is Cc1ccc2c(c1)SCC(CCCO)N2C. The summed E-state index contributed by atoms with van der Waals surface area (Å²) in [5.41, 5.74) is 2.67. The van der Waals surface area contributed by atoms with E-state index >= 15 is 0 Å². The molecule has 0 radical (unpaired) electrons. The van der Waals surface area contributed by atoms with Crippen molar-refractivity contribution >= 4 is 17.4 Å². The van der Waals surface area contributed by atoms with Crippen molar-refractivity contribution < 1.29 is 5.11 Å². The zero-order valence-corrected chi connectivity index (χ0v) is 10.8. The number of aryl methyl sites for hydroxylation is 1. The van der Waals surface area contributed by atoms with Gasteiger partial charge in [0.25, 0.3) is 0 Å². The Morgan fingerprint density at radius 1 is 1.50 bits per heavy atom. The fraction of sp³-hybridized carbons (Fsp3) is 0.538. The summed E-state index contributed by atoms with van der Waals surface area (Å²) in [5, 5.41) is 8.89. The monoisotopic (exact) mass is 237 g/mol. The van der Waals surface area contributed by atoms with Gasteiger partial charge in [0, 0.05) is 30.3 Å². The highest BCUT2D eigenvalue weighted by Gasteiger charge is 2.23. The van der Waals surface area contributed by atoms with Gasteiger partial charge in [0.1, 0.15) is 0 Å². The molecule has 16 heavy (non-hydrogen) atoms. The molecule has 1 N–H and O–H groups in total. The predicted octanol–water partition coefficient (Wildman–Crippen LogP) is 2.68. The Labute approximate surface area is 102 Å². The van der Waals surface area contributed by atoms with Crippen molar-refractivity contribution in [1.29, 1.82) is 0 Å². The number of aliphatic hydroxyl groups excluding tert-OH is 1. The van der Waals surface area contributed by atoms with E-state index in [1.807, 2.05) is 11.8 Å². The second-order valence-electron chi connectivity index (χ2n) is 4.41. The minimum atomic E-state index is 0.301. The predicted molar refractivity (Wildman–Crippen MR) is 70.4 cm³/mol. The number of aliphatic hydroxyl groups is 1. The minimum absolute atomic E-state index is 0.301. The molecule has 1 aliphatic heterocycles. The van der Waals surface area contributed by atoms with Gasteiger partial charge >= 0.3 is 0 Å². The smallest absolute Gasteiger partial charge is 0.0504 e. The Hall–Kier alpha value is -0.670. The zero-order valence-electron chi connectivity index (χ0n) is 9.94. The van der Waals surface area contributed by atoms with Crippen LogP contribution in [0.1, 0.15) is 18.4 Å². The summed E-state index contributed by atoms with van der Waals surface area (Å²) in [7, 11) is 2.16. The van der Waals surface area contributed by atoms with E-state index in [4.69, 9.17) is 5.11 Å². The van der Waals surface area contributed by atoms with Crippen molar-refractivity contribution in [3.63, 3.8) is 0 Å². The van der Waals surface area contributed by atoms with Crippen LogP contribution >= 0.6 is 11.8 Å². The lowest BCUT2D eigenvalue weighted by atomic mass is 10.1. The lowest BCUT2D eigenvalue weighted by molar-refractivity contribution is 0.280. The van der Waals surface area contributed by atoms with Gasteiger partial charge in [-0.2, -0.15) is 0 Å². The number of anilines is 1. The maximum atomic E-state index is 8.89. The Morgan fingerprint density at radius 2 is 2.31 bits per heavy atom. The Balaban J connectivity index is 2.15. The molecule has 0 aromatic heterocycles. The van der Waals surface area contributed by atoms with Crippen molar-refractivity contribution in [1.82, 2.24) is 0 Å². The molecule has 1 aromatic rings. The molecule has 1 aliphatic rings. The molecular formula is C13H19NOS. The van der Waals surface area contributed by atoms with Gasteiger partial charge in [-0.25, -0.2) is 0 Å². The van der Waals surface area contributed by atoms with E-state index in [2.05, 4.69) is 37.1 Å².